The van der Waals surface area contributed by atoms with Crippen LogP contribution in [0.5, 0.6) is 0 Å². The number of hydrogen-bond donors (Lipinski definition) is 0. The predicted molar refractivity (Wildman–Crippen MR) is 261 cm³/mol. The fraction of sp³-hybridized carbons (Fsp3) is 0.691. The number of carbonyl (C=O) groups excluding carboxylic acids is 3. The molecule has 348 valence electrons. The standard InChI is InChI=1S/C55H92O6/c1-4-7-10-13-16-19-22-24-26-27-29-30-33-36-39-42-45-48-54(57)60-51-52(50-59-53(56)47-44-41-38-35-32-21-18-15-12-9-6-3)61-55(58)49-46-43-40-37-34-31-28-25-23-20-17-14-11-8-5-2/h7,10,16-17,19-20,24-26,28-30,36,39,52H,4-6,8-9,11-15,18,21-23,27,31-35,37-38,40-51H2,1-3H3. The number of ether oxygens (including phenoxy) is 3. The van der Waals surface area contributed by atoms with Gasteiger partial charge in [0, 0.05) is 19.3 Å². The molecule has 0 amide bonds. The minimum Gasteiger partial charge on any atom is -0.462 e. The lowest BCUT2D eigenvalue weighted by atomic mass is 10.1. The molecule has 6 heteroatoms. The highest BCUT2D eigenvalue weighted by molar-refractivity contribution is 5.71. The van der Waals surface area contributed by atoms with E-state index in [0.29, 0.717) is 19.3 Å². The van der Waals surface area contributed by atoms with Crippen LogP contribution in [0.2, 0.25) is 0 Å². The lowest BCUT2D eigenvalue weighted by Crippen LogP contribution is -2.30. The SMILES string of the molecule is CCC=CCC=CCC=CCC=CCC=CCCCC(=O)OCC(COC(=O)CCCCCCCCCCCCC)OC(=O)CCCCCCCC=CCC=CCCCCC. The molecule has 6 nitrogen and oxygen atoms in total. The first-order valence-corrected chi connectivity index (χ1v) is 25.1. The first kappa shape index (κ1) is 57.6. The van der Waals surface area contributed by atoms with Gasteiger partial charge in [0.1, 0.15) is 13.2 Å². The number of unbranched alkanes of at least 4 members (excludes halogenated alkanes) is 19. The van der Waals surface area contributed by atoms with E-state index in [1.807, 2.05) is 0 Å². The van der Waals surface area contributed by atoms with Gasteiger partial charge in [-0.25, -0.2) is 0 Å². The molecule has 0 aromatic rings. The Morgan fingerprint density at radius 1 is 0.344 bits per heavy atom. The summed E-state index contributed by atoms with van der Waals surface area (Å²) < 4.78 is 16.7. The van der Waals surface area contributed by atoms with Crippen molar-refractivity contribution in [1.82, 2.24) is 0 Å². The van der Waals surface area contributed by atoms with E-state index in [2.05, 4.69) is 106 Å². The van der Waals surface area contributed by atoms with Crippen molar-refractivity contribution in [2.75, 3.05) is 13.2 Å². The molecule has 0 aliphatic heterocycles. The summed E-state index contributed by atoms with van der Waals surface area (Å²) in [5.74, 6) is -0.977. The molecular formula is C55H92O6. The molecule has 0 aromatic heterocycles. The zero-order chi connectivity index (χ0) is 44.4. The Morgan fingerprint density at radius 2 is 0.656 bits per heavy atom. The number of rotatable bonds is 44. The molecule has 0 fully saturated rings. The van der Waals surface area contributed by atoms with Gasteiger partial charge in [0.05, 0.1) is 0 Å². The molecule has 0 heterocycles. The quantitative estimate of drug-likeness (QED) is 0.0263. The van der Waals surface area contributed by atoms with Gasteiger partial charge in [-0.15, -0.1) is 0 Å². The van der Waals surface area contributed by atoms with Crippen molar-refractivity contribution in [3.05, 3.63) is 85.1 Å². The average molecular weight is 849 g/mol. The Balaban J connectivity index is 4.49. The Bertz CT molecular complexity index is 1200. The highest BCUT2D eigenvalue weighted by Gasteiger charge is 2.19. The van der Waals surface area contributed by atoms with Gasteiger partial charge in [0.15, 0.2) is 6.10 Å². The summed E-state index contributed by atoms with van der Waals surface area (Å²) in [6.45, 7) is 6.42. The van der Waals surface area contributed by atoms with Crippen LogP contribution in [-0.2, 0) is 28.6 Å². The van der Waals surface area contributed by atoms with Crippen molar-refractivity contribution in [3.63, 3.8) is 0 Å². The largest absolute Gasteiger partial charge is 0.462 e. The normalized spacial score (nSPS) is 12.8. The summed E-state index contributed by atoms with van der Waals surface area (Å²) in [5, 5.41) is 0. The number of carbonyl (C=O) groups is 3. The Labute approximate surface area is 375 Å². The second-order valence-corrected chi connectivity index (χ2v) is 16.3. The highest BCUT2D eigenvalue weighted by atomic mass is 16.6. The van der Waals surface area contributed by atoms with E-state index in [0.717, 1.165) is 103 Å². The van der Waals surface area contributed by atoms with E-state index in [1.54, 1.807) is 0 Å². The molecule has 0 aliphatic rings. The van der Waals surface area contributed by atoms with Gasteiger partial charge in [-0.1, -0.05) is 202 Å². The third-order valence-corrected chi connectivity index (χ3v) is 10.4. The number of esters is 3. The second kappa shape index (κ2) is 49.2. The Hall–Kier alpha value is -3.41. The summed E-state index contributed by atoms with van der Waals surface area (Å²) >= 11 is 0. The topological polar surface area (TPSA) is 78.9 Å². The molecule has 1 atom stereocenters. The van der Waals surface area contributed by atoms with Gasteiger partial charge in [-0.05, 0) is 89.9 Å². The van der Waals surface area contributed by atoms with Crippen LogP contribution in [-0.4, -0.2) is 37.2 Å². The van der Waals surface area contributed by atoms with Crippen LogP contribution in [0.4, 0.5) is 0 Å². The van der Waals surface area contributed by atoms with E-state index >= 15 is 0 Å². The van der Waals surface area contributed by atoms with E-state index in [4.69, 9.17) is 14.2 Å². The van der Waals surface area contributed by atoms with Gasteiger partial charge in [0.25, 0.3) is 0 Å². The maximum absolute atomic E-state index is 12.8. The monoisotopic (exact) mass is 849 g/mol. The molecule has 61 heavy (non-hydrogen) atoms. The van der Waals surface area contributed by atoms with Crippen molar-refractivity contribution >= 4 is 17.9 Å². The van der Waals surface area contributed by atoms with Crippen molar-refractivity contribution in [2.45, 2.75) is 232 Å². The first-order chi connectivity index (χ1) is 30.0. The minimum atomic E-state index is -0.804. The van der Waals surface area contributed by atoms with Gasteiger partial charge in [-0.3, -0.25) is 14.4 Å². The predicted octanol–water partition coefficient (Wildman–Crippen LogP) is 16.4. The van der Waals surface area contributed by atoms with Crippen LogP contribution in [0.25, 0.3) is 0 Å². The minimum absolute atomic E-state index is 0.0991. The van der Waals surface area contributed by atoms with E-state index in [1.165, 1.54) is 77.0 Å². The summed E-state index contributed by atoms with van der Waals surface area (Å²) in [6.07, 6.45) is 62.8. The molecular weight excluding hydrogens is 757 g/mol. The van der Waals surface area contributed by atoms with Crippen LogP contribution in [0.1, 0.15) is 226 Å². The molecule has 1 unspecified atom stereocenters. The fourth-order valence-electron chi connectivity index (χ4n) is 6.62. The fourth-order valence-corrected chi connectivity index (χ4v) is 6.62. The molecule has 0 N–H and O–H groups in total. The molecule has 0 saturated carbocycles. The van der Waals surface area contributed by atoms with Gasteiger partial charge < -0.3 is 14.2 Å². The van der Waals surface area contributed by atoms with Crippen LogP contribution in [0.15, 0.2) is 85.1 Å². The summed E-state index contributed by atoms with van der Waals surface area (Å²) in [5.41, 5.74) is 0. The zero-order valence-electron chi connectivity index (χ0n) is 39.7. The van der Waals surface area contributed by atoms with Gasteiger partial charge in [-0.2, -0.15) is 0 Å². The lowest BCUT2D eigenvalue weighted by Gasteiger charge is -2.18. The molecule has 0 radical (unpaired) electrons. The summed E-state index contributed by atoms with van der Waals surface area (Å²) in [7, 11) is 0. The van der Waals surface area contributed by atoms with E-state index < -0.39 is 6.10 Å². The Kier molecular flexibility index (Phi) is 46.5. The molecule has 0 aromatic carbocycles. The van der Waals surface area contributed by atoms with E-state index in [9.17, 15) is 14.4 Å². The van der Waals surface area contributed by atoms with Crippen LogP contribution in [0, 0.1) is 0 Å². The van der Waals surface area contributed by atoms with Crippen molar-refractivity contribution in [3.8, 4) is 0 Å². The summed E-state index contributed by atoms with van der Waals surface area (Å²) in [4.78, 5) is 37.9. The summed E-state index contributed by atoms with van der Waals surface area (Å²) in [6, 6.07) is 0. The van der Waals surface area contributed by atoms with Crippen LogP contribution >= 0.6 is 0 Å². The molecule has 0 bridgehead atoms. The first-order valence-electron chi connectivity index (χ1n) is 25.1. The molecule has 0 aliphatic carbocycles. The third kappa shape index (κ3) is 47.5. The highest BCUT2D eigenvalue weighted by Crippen LogP contribution is 2.14. The van der Waals surface area contributed by atoms with Gasteiger partial charge in [0.2, 0.25) is 0 Å². The number of allylic oxidation sites excluding steroid dienone is 14. The third-order valence-electron chi connectivity index (χ3n) is 10.4. The van der Waals surface area contributed by atoms with E-state index in [-0.39, 0.29) is 37.5 Å². The van der Waals surface area contributed by atoms with Crippen molar-refractivity contribution in [1.29, 1.82) is 0 Å². The van der Waals surface area contributed by atoms with Crippen molar-refractivity contribution < 1.29 is 28.6 Å². The zero-order valence-corrected chi connectivity index (χ0v) is 39.7. The lowest BCUT2D eigenvalue weighted by molar-refractivity contribution is -0.167. The average Bonchev–Trinajstić information content (AvgIpc) is 3.26. The molecule has 0 spiro atoms. The molecule has 0 saturated heterocycles. The van der Waals surface area contributed by atoms with Gasteiger partial charge >= 0.3 is 17.9 Å². The Morgan fingerprint density at radius 3 is 1.10 bits per heavy atom. The maximum atomic E-state index is 12.8. The molecule has 0 rings (SSSR count). The number of hydrogen-bond acceptors (Lipinski definition) is 6. The van der Waals surface area contributed by atoms with Crippen LogP contribution < -0.4 is 0 Å². The second-order valence-electron chi connectivity index (χ2n) is 16.3. The van der Waals surface area contributed by atoms with Crippen LogP contribution in [0.3, 0.4) is 0 Å². The smallest absolute Gasteiger partial charge is 0.306 e. The van der Waals surface area contributed by atoms with Crippen molar-refractivity contribution in [2.24, 2.45) is 0 Å². The maximum Gasteiger partial charge on any atom is 0.306 e.